The van der Waals surface area contributed by atoms with E-state index in [1.807, 2.05) is 50.6 Å². The maximum atomic E-state index is 13.3. The number of hydrogen-bond donors (Lipinski definition) is 2. The van der Waals surface area contributed by atoms with Crippen molar-refractivity contribution in [1.82, 2.24) is 5.32 Å². The number of carbonyl (C=O) groups excluding carboxylic acids is 1. The first-order chi connectivity index (χ1) is 20.4. The van der Waals surface area contributed by atoms with E-state index in [1.54, 1.807) is 0 Å². The number of aliphatic carboxylic acids is 1. The molecule has 2 aromatic carbocycles. The molecule has 2 heterocycles. The molecule has 8 nitrogen and oxygen atoms in total. The fourth-order valence-corrected chi connectivity index (χ4v) is 7.67. The van der Waals surface area contributed by atoms with Gasteiger partial charge < -0.3 is 29.1 Å². The molecule has 3 aliphatic carbocycles. The van der Waals surface area contributed by atoms with E-state index in [0.29, 0.717) is 13.2 Å². The molecular weight excluding hydrogens is 534 g/mol. The molecule has 2 fully saturated rings. The lowest BCUT2D eigenvalue weighted by Gasteiger charge is -2.43. The van der Waals surface area contributed by atoms with Crippen LogP contribution in [0.15, 0.2) is 71.0 Å². The quantitative estimate of drug-likeness (QED) is 0.363. The fourth-order valence-electron chi connectivity index (χ4n) is 7.67. The Morgan fingerprint density at radius 3 is 2.36 bits per heavy atom. The van der Waals surface area contributed by atoms with Crippen molar-refractivity contribution in [3.63, 3.8) is 0 Å². The average Bonchev–Trinajstić information content (AvgIpc) is 3.70. The summed E-state index contributed by atoms with van der Waals surface area (Å²) >= 11 is 0. The molecule has 2 N–H and O–H groups in total. The Hall–Kier alpha value is -3.88. The molecule has 1 amide bonds. The monoisotopic (exact) mass is 569 g/mol. The van der Waals surface area contributed by atoms with Crippen LogP contribution in [-0.4, -0.2) is 48.8 Å². The maximum Gasteiger partial charge on any atom is 0.407 e. The highest BCUT2D eigenvalue weighted by molar-refractivity contribution is 5.95. The number of furan rings is 1. The molecule has 4 unspecified atom stereocenters. The molecule has 0 radical (unpaired) electrons. The summed E-state index contributed by atoms with van der Waals surface area (Å²) in [6.07, 6.45) is 5.68. The lowest BCUT2D eigenvalue weighted by atomic mass is 9.61. The number of alkyl carbamates (subject to hydrolysis) is 1. The summed E-state index contributed by atoms with van der Waals surface area (Å²) in [5.41, 5.74) is 7.99. The first-order valence-corrected chi connectivity index (χ1v) is 14.7. The van der Waals surface area contributed by atoms with E-state index in [1.165, 1.54) is 5.57 Å². The van der Waals surface area contributed by atoms with Gasteiger partial charge >= 0.3 is 12.1 Å². The largest absolute Gasteiger partial charge is 0.480 e. The topological polar surface area (TPSA) is 107 Å². The molecule has 8 heteroatoms. The van der Waals surface area contributed by atoms with Gasteiger partial charge in [0.2, 0.25) is 0 Å². The number of rotatable bonds is 7. The summed E-state index contributed by atoms with van der Waals surface area (Å²) in [4.78, 5) is 25.2. The van der Waals surface area contributed by atoms with Crippen LogP contribution in [-0.2, 0) is 30.8 Å². The first-order valence-electron chi connectivity index (χ1n) is 14.7. The SMILES string of the molecule is CC(C)CC(NC(=O)OCC1(C2=C3CC4OCOC4CC3Cc3cocc32)c2ccccc2-c2ccccc21)C(=O)O. The number of fused-ring (bicyclic) bond motifs is 6. The summed E-state index contributed by atoms with van der Waals surface area (Å²) in [6, 6.07) is 15.5. The van der Waals surface area contributed by atoms with Crippen molar-refractivity contribution in [3.8, 4) is 11.1 Å². The normalized spacial score (nSPS) is 23.8. The smallest absolute Gasteiger partial charge is 0.407 e. The fraction of sp³-hybridized carbons (Fsp3) is 0.412. The molecule has 1 saturated heterocycles. The molecule has 0 bridgehead atoms. The molecule has 42 heavy (non-hydrogen) atoms. The minimum atomic E-state index is -1.08. The van der Waals surface area contributed by atoms with Crippen molar-refractivity contribution >= 4 is 17.6 Å². The minimum absolute atomic E-state index is 0.00248. The van der Waals surface area contributed by atoms with Crippen LogP contribution in [0.1, 0.15) is 55.4 Å². The Morgan fingerprint density at radius 1 is 0.976 bits per heavy atom. The highest BCUT2D eigenvalue weighted by Gasteiger charge is 2.53. The molecule has 7 rings (SSSR count). The number of carboxylic acids is 1. The zero-order valence-corrected chi connectivity index (χ0v) is 23.8. The predicted molar refractivity (Wildman–Crippen MR) is 155 cm³/mol. The second-order valence-electron chi connectivity index (χ2n) is 12.3. The number of amides is 1. The van der Waals surface area contributed by atoms with Gasteiger partial charge in [-0.3, -0.25) is 0 Å². The lowest BCUT2D eigenvalue weighted by Crippen LogP contribution is -2.45. The molecule has 1 aromatic heterocycles. The molecule has 3 aromatic rings. The number of benzene rings is 2. The summed E-state index contributed by atoms with van der Waals surface area (Å²) in [5, 5.41) is 12.4. The summed E-state index contributed by atoms with van der Waals surface area (Å²) in [5.74, 6) is -0.749. The van der Waals surface area contributed by atoms with Crippen LogP contribution in [0.3, 0.4) is 0 Å². The molecular formula is C34H35NO7. The third-order valence-corrected chi connectivity index (χ3v) is 9.42. The molecule has 4 aliphatic rings. The minimum Gasteiger partial charge on any atom is -0.480 e. The first kappa shape index (κ1) is 27.0. The Kier molecular flexibility index (Phi) is 6.71. The van der Waals surface area contributed by atoms with Gasteiger partial charge in [-0.1, -0.05) is 68.0 Å². The number of carbonyl (C=O) groups is 2. The Morgan fingerprint density at radius 2 is 1.67 bits per heavy atom. The van der Waals surface area contributed by atoms with Crippen molar-refractivity contribution in [1.29, 1.82) is 0 Å². The van der Waals surface area contributed by atoms with E-state index >= 15 is 0 Å². The van der Waals surface area contributed by atoms with E-state index in [9.17, 15) is 14.7 Å². The zero-order chi connectivity index (χ0) is 29.0. The van der Waals surface area contributed by atoms with E-state index < -0.39 is 23.5 Å². The molecule has 1 aliphatic heterocycles. The van der Waals surface area contributed by atoms with Gasteiger partial charge in [0.15, 0.2) is 0 Å². The second-order valence-corrected chi connectivity index (χ2v) is 12.3. The van der Waals surface area contributed by atoms with Crippen molar-refractivity contribution in [2.45, 2.75) is 63.2 Å². The zero-order valence-electron chi connectivity index (χ0n) is 23.8. The highest BCUT2D eigenvalue weighted by Crippen LogP contribution is 2.60. The van der Waals surface area contributed by atoms with Gasteiger partial charge in [-0.2, -0.15) is 0 Å². The third-order valence-electron chi connectivity index (χ3n) is 9.42. The van der Waals surface area contributed by atoms with Crippen LogP contribution in [0.2, 0.25) is 0 Å². The number of nitrogens with one attached hydrogen (secondary N) is 1. The van der Waals surface area contributed by atoms with Gasteiger partial charge in [-0.15, -0.1) is 0 Å². The summed E-state index contributed by atoms with van der Waals surface area (Å²) in [7, 11) is 0. The number of hydrogen-bond acceptors (Lipinski definition) is 6. The van der Waals surface area contributed by atoms with E-state index in [2.05, 4.69) is 29.6 Å². The van der Waals surface area contributed by atoms with Crippen LogP contribution < -0.4 is 5.32 Å². The highest BCUT2D eigenvalue weighted by atomic mass is 16.7. The number of carboxylic acid groups (broad SMARTS) is 1. The van der Waals surface area contributed by atoms with Gasteiger partial charge in [0.1, 0.15) is 19.4 Å². The third kappa shape index (κ3) is 4.27. The lowest BCUT2D eigenvalue weighted by molar-refractivity contribution is -0.139. The average molecular weight is 570 g/mol. The van der Waals surface area contributed by atoms with Crippen LogP contribution in [0, 0.1) is 11.8 Å². The molecule has 4 atom stereocenters. The van der Waals surface area contributed by atoms with Crippen LogP contribution in [0.4, 0.5) is 4.79 Å². The van der Waals surface area contributed by atoms with Crippen LogP contribution in [0.25, 0.3) is 16.7 Å². The van der Waals surface area contributed by atoms with E-state index in [4.69, 9.17) is 18.6 Å². The van der Waals surface area contributed by atoms with Crippen molar-refractivity contribution in [3.05, 3.63) is 88.9 Å². The number of ether oxygens (including phenoxy) is 3. The van der Waals surface area contributed by atoms with E-state index in [-0.39, 0.29) is 30.7 Å². The van der Waals surface area contributed by atoms with Gasteiger partial charge in [0, 0.05) is 5.56 Å². The van der Waals surface area contributed by atoms with Crippen LogP contribution in [0.5, 0.6) is 0 Å². The second kappa shape index (κ2) is 10.4. The predicted octanol–water partition coefficient (Wildman–Crippen LogP) is 5.93. The van der Waals surface area contributed by atoms with Crippen molar-refractivity contribution in [2.75, 3.05) is 13.4 Å². The Bertz CT molecular complexity index is 1520. The summed E-state index contributed by atoms with van der Waals surface area (Å²) < 4.78 is 23.9. The van der Waals surface area contributed by atoms with Crippen molar-refractivity contribution in [2.24, 2.45) is 11.8 Å². The Balaban J connectivity index is 1.38. The van der Waals surface area contributed by atoms with Gasteiger partial charge in [-0.05, 0) is 70.9 Å². The standard InChI is InChI=1S/C34H35NO7/c1-19(2)11-28(32(36)37)35-33(38)40-17-34(26-9-5-3-7-22(26)23-8-4-6-10-27(23)34)31-24-14-30-29(41-18-42-30)13-20(24)12-21-15-39-16-25(21)31/h3-10,15-16,19-20,28-30H,11-14,17-18H2,1-2H3,(H,35,38)(H,36,37). The summed E-state index contributed by atoms with van der Waals surface area (Å²) in [6.45, 7) is 4.16. The van der Waals surface area contributed by atoms with Crippen molar-refractivity contribution < 1.29 is 33.3 Å². The van der Waals surface area contributed by atoms with Gasteiger partial charge in [0.05, 0.1) is 30.1 Å². The van der Waals surface area contributed by atoms with Gasteiger partial charge in [-0.25, -0.2) is 9.59 Å². The Labute approximate surface area is 244 Å². The van der Waals surface area contributed by atoms with Gasteiger partial charge in [0.25, 0.3) is 0 Å². The maximum absolute atomic E-state index is 13.3. The van der Waals surface area contributed by atoms with Crippen LogP contribution >= 0.6 is 0 Å². The molecule has 1 saturated carbocycles. The van der Waals surface area contributed by atoms with E-state index in [0.717, 1.165) is 58.2 Å². The molecule has 0 spiro atoms. The molecule has 218 valence electrons.